The van der Waals surface area contributed by atoms with Gasteiger partial charge in [0, 0.05) is 10.5 Å². The van der Waals surface area contributed by atoms with Gasteiger partial charge in [-0.3, -0.25) is 0 Å². The molecule has 0 radical (unpaired) electrons. The number of rotatable bonds is 5. The zero-order valence-electron chi connectivity index (χ0n) is 13.6. The highest BCUT2D eigenvalue weighted by Gasteiger charge is 2.22. The largest absolute Gasteiger partial charge is 0.493 e. The second kappa shape index (κ2) is 7.37. The Labute approximate surface area is 146 Å². The van der Waals surface area contributed by atoms with Crippen molar-refractivity contribution in [2.45, 2.75) is 25.3 Å². The van der Waals surface area contributed by atoms with Gasteiger partial charge in [-0.25, -0.2) is 0 Å². The summed E-state index contributed by atoms with van der Waals surface area (Å²) in [7, 11) is 3.38. The first-order chi connectivity index (χ1) is 11.2. The summed E-state index contributed by atoms with van der Waals surface area (Å²) in [5.41, 5.74) is 4.04. The first kappa shape index (κ1) is 16.3. The molecule has 2 aromatic rings. The Balaban J connectivity index is 1.82. The zero-order valence-corrected chi connectivity index (χ0v) is 15.2. The molecule has 4 heteroatoms. The molecular formula is C19H22BrNO2. The maximum absolute atomic E-state index is 5.47. The van der Waals surface area contributed by atoms with Crippen LogP contribution >= 0.6 is 15.9 Å². The molecule has 1 atom stereocenters. The van der Waals surface area contributed by atoms with Gasteiger partial charge in [0.25, 0.3) is 0 Å². The van der Waals surface area contributed by atoms with Crippen molar-refractivity contribution in [3.8, 4) is 11.5 Å². The molecule has 1 aliphatic rings. The van der Waals surface area contributed by atoms with E-state index in [-0.39, 0.29) is 0 Å². The topological polar surface area (TPSA) is 30.5 Å². The Hall–Kier alpha value is -1.52. The summed E-state index contributed by atoms with van der Waals surface area (Å²) in [6, 6.07) is 13.0. The number of aryl methyl sites for hydroxylation is 1. The Bertz CT molecular complexity index is 687. The first-order valence-electron chi connectivity index (χ1n) is 7.94. The van der Waals surface area contributed by atoms with E-state index in [1.807, 2.05) is 0 Å². The normalized spacial score (nSPS) is 16.7. The van der Waals surface area contributed by atoms with Gasteiger partial charge < -0.3 is 14.8 Å². The number of nitrogens with one attached hydrogen (secondary N) is 1. The monoisotopic (exact) mass is 375 g/mol. The summed E-state index contributed by atoms with van der Waals surface area (Å²) >= 11 is 3.64. The van der Waals surface area contributed by atoms with E-state index >= 15 is 0 Å². The molecule has 122 valence electrons. The van der Waals surface area contributed by atoms with E-state index in [1.54, 1.807) is 14.2 Å². The van der Waals surface area contributed by atoms with Crippen molar-refractivity contribution >= 4 is 15.9 Å². The van der Waals surface area contributed by atoms with Crippen molar-refractivity contribution in [2.75, 3.05) is 20.8 Å². The Kier molecular flexibility index (Phi) is 5.23. The Morgan fingerprint density at radius 3 is 2.61 bits per heavy atom. The Morgan fingerprint density at radius 2 is 1.87 bits per heavy atom. The maximum Gasteiger partial charge on any atom is 0.161 e. The molecule has 1 heterocycles. The summed E-state index contributed by atoms with van der Waals surface area (Å²) < 4.78 is 12.1. The lowest BCUT2D eigenvalue weighted by Gasteiger charge is -2.28. The third-order valence-electron chi connectivity index (χ3n) is 4.47. The summed E-state index contributed by atoms with van der Waals surface area (Å²) in [6.07, 6.45) is 3.12. The van der Waals surface area contributed by atoms with Crippen molar-refractivity contribution in [1.82, 2.24) is 5.32 Å². The molecule has 0 amide bonds. The van der Waals surface area contributed by atoms with E-state index in [9.17, 15) is 0 Å². The van der Waals surface area contributed by atoms with Gasteiger partial charge in [-0.1, -0.05) is 34.1 Å². The van der Waals surface area contributed by atoms with Crippen molar-refractivity contribution < 1.29 is 9.47 Å². The second-order valence-electron chi connectivity index (χ2n) is 5.79. The molecule has 0 spiro atoms. The van der Waals surface area contributed by atoms with Crippen molar-refractivity contribution in [3.63, 3.8) is 0 Å². The first-order valence-corrected chi connectivity index (χ1v) is 8.74. The molecule has 2 aromatic carbocycles. The van der Waals surface area contributed by atoms with Crippen LogP contribution in [0, 0.1) is 0 Å². The molecule has 0 saturated carbocycles. The van der Waals surface area contributed by atoms with E-state index in [0.717, 1.165) is 37.3 Å². The minimum Gasteiger partial charge on any atom is -0.493 e. The van der Waals surface area contributed by atoms with Crippen LogP contribution in [-0.4, -0.2) is 20.8 Å². The lowest BCUT2D eigenvalue weighted by molar-refractivity contribution is 0.351. The van der Waals surface area contributed by atoms with Crippen LogP contribution in [0.1, 0.15) is 29.2 Å². The maximum atomic E-state index is 5.47. The number of fused-ring (bicyclic) bond motifs is 1. The van der Waals surface area contributed by atoms with Gasteiger partial charge in [0.2, 0.25) is 0 Å². The van der Waals surface area contributed by atoms with Crippen molar-refractivity contribution in [3.05, 3.63) is 57.6 Å². The molecule has 0 unspecified atom stereocenters. The van der Waals surface area contributed by atoms with Crippen LogP contribution in [0.4, 0.5) is 0 Å². The SMILES string of the molecule is COc1cc2c(cc1OC)[C@H](CCc1ccccc1Br)NCC2. The molecule has 1 aliphatic heterocycles. The molecule has 0 fully saturated rings. The van der Waals surface area contributed by atoms with E-state index in [4.69, 9.17) is 9.47 Å². The van der Waals surface area contributed by atoms with E-state index in [0.29, 0.717) is 6.04 Å². The van der Waals surface area contributed by atoms with E-state index in [2.05, 4.69) is 57.6 Å². The van der Waals surface area contributed by atoms with Gasteiger partial charge in [-0.2, -0.15) is 0 Å². The lowest BCUT2D eigenvalue weighted by atomic mass is 9.90. The minimum absolute atomic E-state index is 0.352. The van der Waals surface area contributed by atoms with Crippen LogP contribution in [0.15, 0.2) is 40.9 Å². The van der Waals surface area contributed by atoms with Gasteiger partial charge in [0.1, 0.15) is 0 Å². The van der Waals surface area contributed by atoms with Gasteiger partial charge in [0.05, 0.1) is 14.2 Å². The van der Waals surface area contributed by atoms with E-state index in [1.165, 1.54) is 21.2 Å². The molecule has 0 aromatic heterocycles. The molecule has 0 bridgehead atoms. The number of hydrogen-bond acceptors (Lipinski definition) is 3. The van der Waals surface area contributed by atoms with Gasteiger partial charge in [0.15, 0.2) is 11.5 Å². The predicted octanol–water partition coefficient (Wildman–Crippen LogP) is 4.29. The van der Waals surface area contributed by atoms with Crippen LogP contribution in [-0.2, 0) is 12.8 Å². The molecule has 0 aliphatic carbocycles. The lowest BCUT2D eigenvalue weighted by Crippen LogP contribution is -2.30. The highest BCUT2D eigenvalue weighted by molar-refractivity contribution is 9.10. The summed E-state index contributed by atoms with van der Waals surface area (Å²) in [6.45, 7) is 1.00. The highest BCUT2D eigenvalue weighted by atomic mass is 79.9. The summed E-state index contributed by atoms with van der Waals surface area (Å²) in [5, 5.41) is 3.64. The van der Waals surface area contributed by atoms with Crippen LogP contribution < -0.4 is 14.8 Å². The predicted molar refractivity (Wildman–Crippen MR) is 96.5 cm³/mol. The number of benzene rings is 2. The third kappa shape index (κ3) is 3.54. The number of ether oxygens (including phenoxy) is 2. The van der Waals surface area contributed by atoms with Crippen LogP contribution in [0.25, 0.3) is 0 Å². The van der Waals surface area contributed by atoms with Crippen molar-refractivity contribution in [2.24, 2.45) is 0 Å². The molecule has 1 N–H and O–H groups in total. The number of hydrogen-bond donors (Lipinski definition) is 1. The minimum atomic E-state index is 0.352. The number of halogens is 1. The van der Waals surface area contributed by atoms with Gasteiger partial charge >= 0.3 is 0 Å². The summed E-state index contributed by atoms with van der Waals surface area (Å²) in [5.74, 6) is 1.62. The van der Waals surface area contributed by atoms with Crippen LogP contribution in [0.3, 0.4) is 0 Å². The van der Waals surface area contributed by atoms with Crippen molar-refractivity contribution in [1.29, 1.82) is 0 Å². The third-order valence-corrected chi connectivity index (χ3v) is 5.24. The summed E-state index contributed by atoms with van der Waals surface area (Å²) in [4.78, 5) is 0. The van der Waals surface area contributed by atoms with Gasteiger partial charge in [-0.05, 0) is 60.7 Å². The molecule has 3 rings (SSSR count). The number of methoxy groups -OCH3 is 2. The Morgan fingerprint density at radius 1 is 1.13 bits per heavy atom. The standard InChI is InChI=1S/C19H22BrNO2/c1-22-18-11-14-9-10-21-17(15(14)12-19(18)23-2)8-7-13-5-3-4-6-16(13)20/h3-6,11-12,17,21H,7-10H2,1-2H3/t17-/m0/s1. The van der Waals surface area contributed by atoms with Crippen LogP contribution in [0.5, 0.6) is 11.5 Å². The molecule has 0 saturated heterocycles. The highest BCUT2D eigenvalue weighted by Crippen LogP contribution is 2.36. The molecule has 3 nitrogen and oxygen atoms in total. The average Bonchev–Trinajstić information content (AvgIpc) is 2.59. The fraction of sp³-hybridized carbons (Fsp3) is 0.368. The van der Waals surface area contributed by atoms with Crippen LogP contribution in [0.2, 0.25) is 0 Å². The quantitative estimate of drug-likeness (QED) is 0.845. The van der Waals surface area contributed by atoms with E-state index < -0.39 is 0 Å². The molecular weight excluding hydrogens is 354 g/mol. The smallest absolute Gasteiger partial charge is 0.161 e. The zero-order chi connectivity index (χ0) is 16.2. The fourth-order valence-electron chi connectivity index (χ4n) is 3.23. The average molecular weight is 376 g/mol. The fourth-order valence-corrected chi connectivity index (χ4v) is 3.71. The molecule has 23 heavy (non-hydrogen) atoms. The van der Waals surface area contributed by atoms with Gasteiger partial charge in [-0.15, -0.1) is 0 Å². The second-order valence-corrected chi connectivity index (χ2v) is 6.65.